The normalized spacial score (nSPS) is 23.3. The molecule has 7 nitrogen and oxygen atoms in total. The Balaban J connectivity index is 0.00000289. The Morgan fingerprint density at radius 3 is 2.69 bits per heavy atom. The molecule has 4 heterocycles. The van der Waals surface area contributed by atoms with Crippen LogP contribution in [0.2, 0.25) is 0 Å². The molecule has 1 aromatic heterocycles. The number of hydrogen-bond donors (Lipinski definition) is 1. The van der Waals surface area contributed by atoms with Crippen molar-refractivity contribution < 1.29 is 9.15 Å². The number of likely N-dealkylation sites (tertiary alicyclic amines) is 2. The molecule has 1 unspecified atom stereocenters. The van der Waals surface area contributed by atoms with Gasteiger partial charge in [0.25, 0.3) is 0 Å². The van der Waals surface area contributed by atoms with Crippen LogP contribution >= 0.6 is 24.0 Å². The molecule has 3 saturated heterocycles. The van der Waals surface area contributed by atoms with Crippen molar-refractivity contribution in [3.8, 4) is 0 Å². The molecule has 3 aliphatic rings. The molecule has 0 spiro atoms. The van der Waals surface area contributed by atoms with E-state index in [1.165, 1.54) is 45.3 Å². The lowest BCUT2D eigenvalue weighted by atomic mass is 10.1. The monoisotopic (exact) mass is 559 g/mol. The Kier molecular flexibility index (Phi) is 11.6. The van der Waals surface area contributed by atoms with Gasteiger partial charge in [-0.3, -0.25) is 9.89 Å². The largest absolute Gasteiger partial charge is 0.469 e. The summed E-state index contributed by atoms with van der Waals surface area (Å²) in [6, 6.07) is 4.01. The number of guanidine groups is 1. The van der Waals surface area contributed by atoms with Crippen LogP contribution in [-0.2, 0) is 11.2 Å². The van der Waals surface area contributed by atoms with Gasteiger partial charge in [-0.25, -0.2) is 0 Å². The third kappa shape index (κ3) is 8.50. The number of piperidine rings is 1. The molecule has 1 N–H and O–H groups in total. The number of nitrogens with one attached hydrogen (secondary N) is 1. The summed E-state index contributed by atoms with van der Waals surface area (Å²) in [5, 5.41) is 3.63. The minimum Gasteiger partial charge on any atom is -0.469 e. The van der Waals surface area contributed by atoms with Gasteiger partial charge in [-0.1, -0.05) is 6.42 Å². The van der Waals surface area contributed by atoms with Gasteiger partial charge in [0.05, 0.1) is 19.5 Å². The van der Waals surface area contributed by atoms with Gasteiger partial charge in [0.2, 0.25) is 0 Å². The van der Waals surface area contributed by atoms with Crippen LogP contribution in [-0.4, -0.2) is 99.3 Å². The predicted molar refractivity (Wildman–Crippen MR) is 140 cm³/mol. The van der Waals surface area contributed by atoms with Gasteiger partial charge < -0.3 is 24.3 Å². The average molecular weight is 560 g/mol. The van der Waals surface area contributed by atoms with E-state index in [0.717, 1.165) is 89.5 Å². The second-order valence-corrected chi connectivity index (χ2v) is 9.23. The third-order valence-electron chi connectivity index (χ3n) is 6.78. The summed E-state index contributed by atoms with van der Waals surface area (Å²) >= 11 is 0. The first-order chi connectivity index (χ1) is 15.4. The molecule has 0 bridgehead atoms. The van der Waals surface area contributed by atoms with Crippen LogP contribution in [0.5, 0.6) is 0 Å². The average Bonchev–Trinajstić information content (AvgIpc) is 3.49. The van der Waals surface area contributed by atoms with Crippen molar-refractivity contribution in [1.82, 2.24) is 20.0 Å². The Bertz CT molecular complexity index is 645. The smallest absolute Gasteiger partial charge is 0.193 e. The van der Waals surface area contributed by atoms with E-state index in [4.69, 9.17) is 14.1 Å². The lowest BCUT2D eigenvalue weighted by Gasteiger charge is -2.29. The number of morpholine rings is 1. The Hall–Kier alpha value is -0.840. The molecule has 0 amide bonds. The third-order valence-corrected chi connectivity index (χ3v) is 6.78. The van der Waals surface area contributed by atoms with Crippen molar-refractivity contribution >= 4 is 29.9 Å². The lowest BCUT2D eigenvalue weighted by Crippen LogP contribution is -2.42. The molecule has 0 aromatic carbocycles. The number of halogens is 1. The van der Waals surface area contributed by atoms with Crippen molar-refractivity contribution in [3.05, 3.63) is 24.2 Å². The van der Waals surface area contributed by atoms with E-state index in [0.29, 0.717) is 0 Å². The van der Waals surface area contributed by atoms with Crippen molar-refractivity contribution in [1.29, 1.82) is 0 Å². The maximum atomic E-state index is 5.49. The SMILES string of the molecule is I.c1coc(CCNC(=NCCCN2CCOCC2)N2CCC(CN3CCCCC3)C2)c1. The summed E-state index contributed by atoms with van der Waals surface area (Å²) in [7, 11) is 0. The minimum absolute atomic E-state index is 0. The van der Waals surface area contributed by atoms with Crippen LogP contribution in [0.25, 0.3) is 0 Å². The zero-order valence-electron chi connectivity index (χ0n) is 19.6. The predicted octanol–water partition coefficient (Wildman–Crippen LogP) is 2.92. The Morgan fingerprint density at radius 2 is 1.91 bits per heavy atom. The fraction of sp³-hybridized carbons (Fsp3) is 0.792. The van der Waals surface area contributed by atoms with E-state index in [1.807, 2.05) is 12.1 Å². The van der Waals surface area contributed by atoms with E-state index in [9.17, 15) is 0 Å². The Morgan fingerprint density at radius 1 is 1.06 bits per heavy atom. The van der Waals surface area contributed by atoms with E-state index in [-0.39, 0.29) is 24.0 Å². The highest BCUT2D eigenvalue weighted by Gasteiger charge is 2.27. The van der Waals surface area contributed by atoms with Gasteiger partial charge in [-0.05, 0) is 56.8 Å². The number of furan rings is 1. The number of rotatable bonds is 9. The molecule has 1 aromatic rings. The molecular weight excluding hydrogens is 517 g/mol. The second-order valence-electron chi connectivity index (χ2n) is 9.23. The quantitative estimate of drug-likeness (QED) is 0.218. The highest BCUT2D eigenvalue weighted by Crippen LogP contribution is 2.20. The van der Waals surface area contributed by atoms with Crippen LogP contribution in [0.15, 0.2) is 27.8 Å². The molecular formula is C24H42IN5O2. The summed E-state index contributed by atoms with van der Waals surface area (Å²) < 4.78 is 10.9. The van der Waals surface area contributed by atoms with E-state index >= 15 is 0 Å². The number of aliphatic imine (C=N–C) groups is 1. The van der Waals surface area contributed by atoms with Crippen molar-refractivity contribution in [2.24, 2.45) is 10.9 Å². The summed E-state index contributed by atoms with van der Waals surface area (Å²) in [6.07, 6.45) is 9.19. The van der Waals surface area contributed by atoms with Gasteiger partial charge in [-0.15, -0.1) is 24.0 Å². The molecule has 4 rings (SSSR count). The molecule has 8 heteroatoms. The molecule has 0 radical (unpaired) electrons. The van der Waals surface area contributed by atoms with E-state index in [2.05, 4.69) is 20.0 Å². The zero-order chi connectivity index (χ0) is 21.1. The van der Waals surface area contributed by atoms with Gasteiger partial charge in [0.1, 0.15) is 5.76 Å². The van der Waals surface area contributed by atoms with Crippen LogP contribution in [0.1, 0.15) is 37.9 Å². The lowest BCUT2D eigenvalue weighted by molar-refractivity contribution is 0.0377. The van der Waals surface area contributed by atoms with Crippen molar-refractivity contribution in [2.45, 2.75) is 38.5 Å². The number of nitrogens with zero attached hydrogens (tertiary/aromatic N) is 4. The first kappa shape index (κ1) is 25.8. The van der Waals surface area contributed by atoms with Gasteiger partial charge in [0, 0.05) is 58.8 Å². The highest BCUT2D eigenvalue weighted by molar-refractivity contribution is 14.0. The Labute approximate surface area is 210 Å². The molecule has 3 aliphatic heterocycles. The number of hydrogen-bond acceptors (Lipinski definition) is 5. The fourth-order valence-electron chi connectivity index (χ4n) is 5.01. The highest BCUT2D eigenvalue weighted by atomic mass is 127. The molecule has 0 aliphatic carbocycles. The molecule has 32 heavy (non-hydrogen) atoms. The second kappa shape index (κ2) is 14.4. The minimum atomic E-state index is 0. The first-order valence-corrected chi connectivity index (χ1v) is 12.4. The summed E-state index contributed by atoms with van der Waals surface area (Å²) in [5.41, 5.74) is 0. The van der Waals surface area contributed by atoms with Gasteiger partial charge >= 0.3 is 0 Å². The van der Waals surface area contributed by atoms with Crippen LogP contribution < -0.4 is 5.32 Å². The standard InChI is InChI=1S/C24H41N5O2.HI/c1-2-11-28(12-3-1)20-22-8-14-29(21-22)24(26-10-7-23-6-4-17-31-23)25-9-5-13-27-15-18-30-19-16-27;/h4,6,17,22H,1-3,5,7-16,18-21H2,(H,25,26);1H. The van der Waals surface area contributed by atoms with E-state index < -0.39 is 0 Å². The van der Waals surface area contributed by atoms with Crippen molar-refractivity contribution in [3.63, 3.8) is 0 Å². The maximum Gasteiger partial charge on any atom is 0.193 e. The maximum absolute atomic E-state index is 5.49. The van der Waals surface area contributed by atoms with Crippen LogP contribution in [0, 0.1) is 5.92 Å². The van der Waals surface area contributed by atoms with Gasteiger partial charge in [-0.2, -0.15) is 0 Å². The van der Waals surface area contributed by atoms with Crippen LogP contribution in [0.3, 0.4) is 0 Å². The zero-order valence-corrected chi connectivity index (χ0v) is 21.9. The molecule has 1 atom stereocenters. The van der Waals surface area contributed by atoms with Crippen molar-refractivity contribution in [2.75, 3.05) is 78.7 Å². The van der Waals surface area contributed by atoms with Crippen LogP contribution in [0.4, 0.5) is 0 Å². The molecule has 3 fully saturated rings. The summed E-state index contributed by atoms with van der Waals surface area (Å²) in [6.45, 7) is 12.8. The summed E-state index contributed by atoms with van der Waals surface area (Å²) in [4.78, 5) is 12.7. The summed E-state index contributed by atoms with van der Waals surface area (Å²) in [5.74, 6) is 2.89. The molecule has 182 valence electrons. The topological polar surface area (TPSA) is 56.5 Å². The fourth-order valence-corrected chi connectivity index (χ4v) is 5.01. The first-order valence-electron chi connectivity index (χ1n) is 12.4. The van der Waals surface area contributed by atoms with E-state index in [1.54, 1.807) is 6.26 Å². The number of ether oxygens (including phenoxy) is 1. The molecule has 0 saturated carbocycles. The van der Waals surface area contributed by atoms with Gasteiger partial charge in [0.15, 0.2) is 5.96 Å².